The molecule has 0 spiro atoms. The number of hydrogen-bond donors (Lipinski definition) is 1. The van der Waals surface area contributed by atoms with Gasteiger partial charge >= 0.3 is 0 Å². The highest BCUT2D eigenvalue weighted by atomic mass is 14.9. The third-order valence-electron chi connectivity index (χ3n) is 3.18. The second kappa shape index (κ2) is 6.43. The lowest BCUT2D eigenvalue weighted by atomic mass is 10.1. The van der Waals surface area contributed by atoms with Gasteiger partial charge in [0.05, 0.1) is 5.69 Å². The van der Waals surface area contributed by atoms with Gasteiger partial charge in [0.25, 0.3) is 0 Å². The van der Waals surface area contributed by atoms with E-state index in [0.29, 0.717) is 6.04 Å². The maximum Gasteiger partial charge on any atom is 0.0571 e. The molecule has 2 aromatic heterocycles. The SMILES string of the molecule is Cc1cnc(CNC(C)Cc2ccccn2)c(C)c1. The largest absolute Gasteiger partial charge is 0.308 e. The molecular formula is C16H21N3. The number of rotatable bonds is 5. The van der Waals surface area contributed by atoms with Crippen molar-refractivity contribution in [2.75, 3.05) is 0 Å². The van der Waals surface area contributed by atoms with Crippen molar-refractivity contribution in [1.29, 1.82) is 0 Å². The molecule has 1 unspecified atom stereocenters. The first-order valence-corrected chi connectivity index (χ1v) is 6.70. The van der Waals surface area contributed by atoms with Crippen LogP contribution in [0.1, 0.15) is 29.4 Å². The predicted molar refractivity (Wildman–Crippen MR) is 78.0 cm³/mol. The van der Waals surface area contributed by atoms with Gasteiger partial charge in [-0.3, -0.25) is 9.97 Å². The second-order valence-electron chi connectivity index (χ2n) is 5.08. The zero-order chi connectivity index (χ0) is 13.7. The maximum absolute atomic E-state index is 4.48. The number of aromatic nitrogens is 2. The van der Waals surface area contributed by atoms with E-state index in [1.165, 1.54) is 11.1 Å². The molecule has 3 nitrogen and oxygen atoms in total. The van der Waals surface area contributed by atoms with E-state index in [0.717, 1.165) is 24.4 Å². The second-order valence-corrected chi connectivity index (χ2v) is 5.08. The van der Waals surface area contributed by atoms with Crippen LogP contribution in [0.2, 0.25) is 0 Å². The summed E-state index contributed by atoms with van der Waals surface area (Å²) in [5, 5.41) is 3.51. The summed E-state index contributed by atoms with van der Waals surface area (Å²) in [7, 11) is 0. The summed E-state index contributed by atoms with van der Waals surface area (Å²) < 4.78 is 0. The Kier molecular flexibility index (Phi) is 4.63. The van der Waals surface area contributed by atoms with Crippen LogP contribution >= 0.6 is 0 Å². The average Bonchev–Trinajstić information content (AvgIpc) is 2.39. The van der Waals surface area contributed by atoms with Gasteiger partial charge in [-0.2, -0.15) is 0 Å². The molecule has 2 aromatic rings. The zero-order valence-corrected chi connectivity index (χ0v) is 11.9. The average molecular weight is 255 g/mol. The van der Waals surface area contributed by atoms with Gasteiger partial charge in [-0.1, -0.05) is 12.1 Å². The number of nitrogens with one attached hydrogen (secondary N) is 1. The van der Waals surface area contributed by atoms with Crippen molar-refractivity contribution < 1.29 is 0 Å². The molecule has 0 saturated heterocycles. The summed E-state index contributed by atoms with van der Waals surface area (Å²) >= 11 is 0. The van der Waals surface area contributed by atoms with E-state index in [2.05, 4.69) is 48.2 Å². The lowest BCUT2D eigenvalue weighted by molar-refractivity contribution is 0.534. The molecule has 0 fully saturated rings. The topological polar surface area (TPSA) is 37.8 Å². The highest BCUT2D eigenvalue weighted by Crippen LogP contribution is 2.07. The van der Waals surface area contributed by atoms with Crippen LogP contribution in [0.5, 0.6) is 0 Å². The Bertz CT molecular complexity index is 523. The van der Waals surface area contributed by atoms with Crippen molar-refractivity contribution in [3.8, 4) is 0 Å². The quantitative estimate of drug-likeness (QED) is 0.892. The molecule has 3 heteroatoms. The van der Waals surface area contributed by atoms with Gasteiger partial charge in [0.2, 0.25) is 0 Å². The molecule has 1 N–H and O–H groups in total. The van der Waals surface area contributed by atoms with E-state index in [1.807, 2.05) is 24.5 Å². The van der Waals surface area contributed by atoms with E-state index in [-0.39, 0.29) is 0 Å². The van der Waals surface area contributed by atoms with Crippen LogP contribution in [0.15, 0.2) is 36.7 Å². The zero-order valence-electron chi connectivity index (χ0n) is 11.9. The van der Waals surface area contributed by atoms with E-state index in [4.69, 9.17) is 0 Å². The molecule has 2 heterocycles. The van der Waals surface area contributed by atoms with E-state index >= 15 is 0 Å². The lowest BCUT2D eigenvalue weighted by Crippen LogP contribution is -2.28. The molecule has 0 bridgehead atoms. The van der Waals surface area contributed by atoms with Gasteiger partial charge in [-0.25, -0.2) is 0 Å². The fourth-order valence-corrected chi connectivity index (χ4v) is 2.10. The molecule has 2 rings (SSSR count). The third-order valence-corrected chi connectivity index (χ3v) is 3.18. The molecule has 0 radical (unpaired) electrons. The Morgan fingerprint density at radius 3 is 2.74 bits per heavy atom. The molecule has 0 aliphatic rings. The summed E-state index contributed by atoms with van der Waals surface area (Å²) in [4.78, 5) is 8.83. The highest BCUT2D eigenvalue weighted by Gasteiger charge is 2.06. The van der Waals surface area contributed by atoms with E-state index < -0.39 is 0 Å². The molecule has 0 saturated carbocycles. The summed E-state index contributed by atoms with van der Waals surface area (Å²) in [6, 6.07) is 8.60. The van der Waals surface area contributed by atoms with Gasteiger partial charge in [-0.05, 0) is 44.0 Å². The van der Waals surface area contributed by atoms with Crippen LogP contribution in [0, 0.1) is 13.8 Å². The van der Waals surface area contributed by atoms with E-state index in [9.17, 15) is 0 Å². The van der Waals surface area contributed by atoms with Gasteiger partial charge < -0.3 is 5.32 Å². The van der Waals surface area contributed by atoms with Crippen molar-refractivity contribution in [2.45, 2.75) is 39.8 Å². The van der Waals surface area contributed by atoms with Crippen LogP contribution in [-0.2, 0) is 13.0 Å². The molecule has 0 amide bonds. The normalized spacial score (nSPS) is 12.4. The molecule has 0 aliphatic carbocycles. The number of pyridine rings is 2. The van der Waals surface area contributed by atoms with Gasteiger partial charge in [0.1, 0.15) is 0 Å². The van der Waals surface area contributed by atoms with Crippen molar-refractivity contribution in [3.05, 3.63) is 59.2 Å². The molecule has 1 atom stereocenters. The Labute approximate surface area is 115 Å². The van der Waals surface area contributed by atoms with E-state index in [1.54, 1.807) is 0 Å². The first-order chi connectivity index (χ1) is 9.15. The van der Waals surface area contributed by atoms with Gasteiger partial charge in [0.15, 0.2) is 0 Å². The number of aryl methyl sites for hydroxylation is 2. The summed E-state index contributed by atoms with van der Waals surface area (Å²) in [5.41, 5.74) is 4.70. The summed E-state index contributed by atoms with van der Waals surface area (Å²) in [6.45, 7) is 7.17. The smallest absolute Gasteiger partial charge is 0.0571 e. The molecule has 0 aliphatic heterocycles. The van der Waals surface area contributed by atoms with Crippen LogP contribution in [-0.4, -0.2) is 16.0 Å². The molecule has 19 heavy (non-hydrogen) atoms. The van der Waals surface area contributed by atoms with Gasteiger partial charge in [-0.15, -0.1) is 0 Å². The Hall–Kier alpha value is -1.74. The summed E-state index contributed by atoms with van der Waals surface area (Å²) in [5.74, 6) is 0. The number of hydrogen-bond acceptors (Lipinski definition) is 3. The van der Waals surface area contributed by atoms with Crippen molar-refractivity contribution >= 4 is 0 Å². The van der Waals surface area contributed by atoms with Gasteiger partial charge in [0, 0.05) is 37.1 Å². The minimum atomic E-state index is 0.386. The first kappa shape index (κ1) is 13.7. The maximum atomic E-state index is 4.48. The monoisotopic (exact) mass is 255 g/mol. The van der Waals surface area contributed by atoms with Crippen LogP contribution in [0.4, 0.5) is 0 Å². The fourth-order valence-electron chi connectivity index (χ4n) is 2.10. The third kappa shape index (κ3) is 4.14. The molecular weight excluding hydrogens is 234 g/mol. The van der Waals surface area contributed by atoms with Crippen molar-refractivity contribution in [2.24, 2.45) is 0 Å². The van der Waals surface area contributed by atoms with Crippen molar-refractivity contribution in [1.82, 2.24) is 15.3 Å². The fraction of sp³-hybridized carbons (Fsp3) is 0.375. The Morgan fingerprint density at radius 2 is 2.05 bits per heavy atom. The lowest BCUT2D eigenvalue weighted by Gasteiger charge is -2.14. The van der Waals surface area contributed by atoms with Crippen LogP contribution in [0.3, 0.4) is 0 Å². The van der Waals surface area contributed by atoms with Crippen molar-refractivity contribution in [3.63, 3.8) is 0 Å². The Balaban J connectivity index is 1.88. The standard InChI is InChI=1S/C16H21N3/c1-12-8-13(2)16(19-10-12)11-18-14(3)9-15-6-4-5-7-17-15/h4-8,10,14,18H,9,11H2,1-3H3. The van der Waals surface area contributed by atoms with Crippen LogP contribution < -0.4 is 5.32 Å². The first-order valence-electron chi connectivity index (χ1n) is 6.70. The number of nitrogens with zero attached hydrogens (tertiary/aromatic N) is 2. The predicted octanol–water partition coefficient (Wildman–Crippen LogP) is 2.81. The summed E-state index contributed by atoms with van der Waals surface area (Å²) in [6.07, 6.45) is 4.70. The molecule has 0 aromatic carbocycles. The Morgan fingerprint density at radius 1 is 1.21 bits per heavy atom. The van der Waals surface area contributed by atoms with Crippen LogP contribution in [0.25, 0.3) is 0 Å². The molecule has 100 valence electrons. The highest BCUT2D eigenvalue weighted by molar-refractivity contribution is 5.23. The minimum Gasteiger partial charge on any atom is -0.308 e. The minimum absolute atomic E-state index is 0.386.